The van der Waals surface area contributed by atoms with Crippen LogP contribution >= 0.6 is 0 Å². The van der Waals surface area contributed by atoms with Crippen LogP contribution in [0.5, 0.6) is 0 Å². The number of carbonyl (C=O) groups is 2. The van der Waals surface area contributed by atoms with Crippen molar-refractivity contribution in [3.05, 3.63) is 0 Å². The van der Waals surface area contributed by atoms with Gasteiger partial charge in [-0.1, -0.05) is 6.42 Å². The number of fused-ring (bicyclic) bond motifs is 2. The van der Waals surface area contributed by atoms with Crippen molar-refractivity contribution in [1.29, 1.82) is 0 Å². The summed E-state index contributed by atoms with van der Waals surface area (Å²) in [5.41, 5.74) is -0.928. The Morgan fingerprint density at radius 1 is 1.30 bits per heavy atom. The lowest BCUT2D eigenvalue weighted by Gasteiger charge is -2.28. The molecule has 0 saturated heterocycles. The summed E-state index contributed by atoms with van der Waals surface area (Å²) in [6, 6.07) is -0.165. The third-order valence-electron chi connectivity index (χ3n) is 5.00. The van der Waals surface area contributed by atoms with E-state index in [1.165, 1.54) is 25.7 Å². The summed E-state index contributed by atoms with van der Waals surface area (Å²) in [5, 5.41) is 11.8. The minimum Gasteiger partial charge on any atom is -0.481 e. The van der Waals surface area contributed by atoms with Crippen LogP contribution in [0.2, 0.25) is 0 Å². The van der Waals surface area contributed by atoms with Crippen LogP contribution in [-0.4, -0.2) is 42.1 Å². The Morgan fingerprint density at radius 3 is 2.50 bits per heavy atom. The van der Waals surface area contributed by atoms with Gasteiger partial charge in [0.15, 0.2) is 0 Å². The quantitative estimate of drug-likeness (QED) is 0.812. The summed E-state index contributed by atoms with van der Waals surface area (Å²) < 4.78 is 0. The molecule has 0 aromatic rings. The van der Waals surface area contributed by atoms with Gasteiger partial charge in [-0.15, -0.1) is 0 Å². The van der Waals surface area contributed by atoms with Gasteiger partial charge < -0.3 is 15.3 Å². The number of hydrogen-bond acceptors (Lipinski definition) is 2. The molecule has 0 aromatic carbocycles. The van der Waals surface area contributed by atoms with E-state index in [1.54, 1.807) is 25.8 Å². The van der Waals surface area contributed by atoms with Crippen LogP contribution in [0.1, 0.15) is 39.5 Å². The number of carboxylic acids is 1. The SMILES string of the molecule is CN(CC1CC2CCC1C2)C(=O)NCC(C)(C)C(=O)O. The van der Waals surface area contributed by atoms with E-state index in [0.717, 1.165) is 18.4 Å². The van der Waals surface area contributed by atoms with E-state index in [-0.39, 0.29) is 12.6 Å². The van der Waals surface area contributed by atoms with Crippen LogP contribution in [0.25, 0.3) is 0 Å². The molecule has 114 valence electrons. The first-order chi connectivity index (χ1) is 9.29. The van der Waals surface area contributed by atoms with Crippen LogP contribution in [0.15, 0.2) is 0 Å². The molecule has 0 heterocycles. The first kappa shape index (κ1) is 15.1. The highest BCUT2D eigenvalue weighted by Crippen LogP contribution is 2.48. The third-order valence-corrected chi connectivity index (χ3v) is 5.00. The smallest absolute Gasteiger partial charge is 0.317 e. The van der Waals surface area contributed by atoms with E-state index in [4.69, 9.17) is 5.11 Å². The number of nitrogens with zero attached hydrogens (tertiary/aromatic N) is 1. The van der Waals surface area contributed by atoms with Gasteiger partial charge in [-0.05, 0) is 50.9 Å². The highest BCUT2D eigenvalue weighted by atomic mass is 16.4. The molecule has 2 N–H and O–H groups in total. The number of aliphatic carboxylic acids is 1. The van der Waals surface area contributed by atoms with Crippen LogP contribution in [0.3, 0.4) is 0 Å². The molecule has 3 unspecified atom stereocenters. The summed E-state index contributed by atoms with van der Waals surface area (Å²) >= 11 is 0. The number of hydrogen-bond donors (Lipinski definition) is 2. The van der Waals surface area contributed by atoms with Gasteiger partial charge in [0.05, 0.1) is 5.41 Å². The van der Waals surface area contributed by atoms with Gasteiger partial charge in [0.2, 0.25) is 0 Å². The zero-order chi connectivity index (χ0) is 14.9. The summed E-state index contributed by atoms with van der Waals surface area (Å²) in [6.07, 6.45) is 5.27. The lowest BCUT2D eigenvalue weighted by Crippen LogP contribution is -2.45. The molecule has 5 heteroatoms. The van der Waals surface area contributed by atoms with Crippen LogP contribution in [0.4, 0.5) is 4.79 Å². The molecule has 2 aliphatic rings. The van der Waals surface area contributed by atoms with Gasteiger partial charge in [0, 0.05) is 20.1 Å². The number of carboxylic acid groups (broad SMARTS) is 1. The molecule has 5 nitrogen and oxygen atoms in total. The van der Waals surface area contributed by atoms with Crippen molar-refractivity contribution in [1.82, 2.24) is 10.2 Å². The van der Waals surface area contributed by atoms with Crippen molar-refractivity contribution in [3.8, 4) is 0 Å². The maximum absolute atomic E-state index is 12.0. The molecule has 0 aromatic heterocycles. The molecule has 0 radical (unpaired) electrons. The minimum absolute atomic E-state index is 0.155. The maximum Gasteiger partial charge on any atom is 0.317 e. The van der Waals surface area contributed by atoms with Crippen LogP contribution < -0.4 is 5.32 Å². The molecule has 0 aliphatic heterocycles. The van der Waals surface area contributed by atoms with Crippen molar-refractivity contribution in [2.75, 3.05) is 20.1 Å². The Balaban J connectivity index is 1.76. The molecule has 2 rings (SSSR count). The Bertz CT molecular complexity index is 395. The molecular formula is C15H26N2O3. The van der Waals surface area contributed by atoms with Crippen LogP contribution in [-0.2, 0) is 4.79 Å². The van der Waals surface area contributed by atoms with Gasteiger partial charge in [0.1, 0.15) is 0 Å². The Labute approximate surface area is 120 Å². The van der Waals surface area contributed by atoms with Crippen molar-refractivity contribution < 1.29 is 14.7 Å². The lowest BCUT2D eigenvalue weighted by molar-refractivity contribution is -0.146. The van der Waals surface area contributed by atoms with E-state index >= 15 is 0 Å². The standard InChI is InChI=1S/C15H26N2O3/c1-15(2,13(18)19)9-16-14(20)17(3)8-12-7-10-4-5-11(12)6-10/h10-12H,4-9H2,1-3H3,(H,16,20)(H,18,19). The number of rotatable bonds is 5. The van der Waals surface area contributed by atoms with E-state index < -0.39 is 11.4 Å². The molecule has 2 saturated carbocycles. The zero-order valence-corrected chi connectivity index (χ0v) is 12.7. The summed E-state index contributed by atoms with van der Waals surface area (Å²) in [4.78, 5) is 24.7. The predicted molar refractivity (Wildman–Crippen MR) is 76.4 cm³/mol. The van der Waals surface area contributed by atoms with Gasteiger partial charge in [-0.3, -0.25) is 4.79 Å². The van der Waals surface area contributed by atoms with E-state index in [2.05, 4.69) is 5.32 Å². The molecule has 0 spiro atoms. The summed E-state index contributed by atoms with van der Waals surface area (Å²) in [7, 11) is 1.80. The van der Waals surface area contributed by atoms with E-state index in [1.807, 2.05) is 0 Å². The third kappa shape index (κ3) is 3.25. The highest BCUT2D eigenvalue weighted by Gasteiger charge is 2.40. The van der Waals surface area contributed by atoms with Crippen LogP contribution in [0, 0.1) is 23.2 Å². The Hall–Kier alpha value is -1.26. The van der Waals surface area contributed by atoms with Gasteiger partial charge in [-0.25, -0.2) is 4.79 Å². The maximum atomic E-state index is 12.0. The average Bonchev–Trinajstić information content (AvgIpc) is 2.97. The van der Waals surface area contributed by atoms with Crippen molar-refractivity contribution in [3.63, 3.8) is 0 Å². The molecule has 2 amide bonds. The first-order valence-corrected chi connectivity index (χ1v) is 7.52. The molecule has 2 bridgehead atoms. The summed E-state index contributed by atoms with van der Waals surface area (Å²) in [6.45, 7) is 4.18. The number of urea groups is 1. The fourth-order valence-corrected chi connectivity index (χ4v) is 3.54. The molecule has 2 aliphatic carbocycles. The lowest BCUT2D eigenvalue weighted by atomic mass is 9.88. The van der Waals surface area contributed by atoms with Gasteiger partial charge >= 0.3 is 12.0 Å². The molecule has 20 heavy (non-hydrogen) atoms. The monoisotopic (exact) mass is 282 g/mol. The Kier molecular flexibility index (Phi) is 4.25. The minimum atomic E-state index is -0.928. The van der Waals surface area contributed by atoms with Crippen molar-refractivity contribution in [2.24, 2.45) is 23.2 Å². The second kappa shape index (κ2) is 5.62. The second-order valence-corrected chi connectivity index (χ2v) is 7.16. The van der Waals surface area contributed by atoms with E-state index in [0.29, 0.717) is 5.92 Å². The highest BCUT2D eigenvalue weighted by molar-refractivity contribution is 5.77. The zero-order valence-electron chi connectivity index (χ0n) is 12.7. The molecule has 3 atom stereocenters. The van der Waals surface area contributed by atoms with Gasteiger partial charge in [-0.2, -0.15) is 0 Å². The van der Waals surface area contributed by atoms with Crippen molar-refractivity contribution >= 4 is 12.0 Å². The normalized spacial score (nSPS) is 28.4. The fourth-order valence-electron chi connectivity index (χ4n) is 3.54. The van der Waals surface area contributed by atoms with Gasteiger partial charge in [0.25, 0.3) is 0 Å². The first-order valence-electron chi connectivity index (χ1n) is 7.52. The number of amides is 2. The number of nitrogens with one attached hydrogen (secondary N) is 1. The Morgan fingerprint density at radius 2 is 2.00 bits per heavy atom. The van der Waals surface area contributed by atoms with E-state index in [9.17, 15) is 9.59 Å². The average molecular weight is 282 g/mol. The predicted octanol–water partition coefficient (Wildman–Crippen LogP) is 2.17. The molecule has 2 fully saturated rings. The number of carbonyl (C=O) groups excluding carboxylic acids is 1. The molecular weight excluding hydrogens is 256 g/mol. The topological polar surface area (TPSA) is 69.6 Å². The second-order valence-electron chi connectivity index (χ2n) is 7.16. The van der Waals surface area contributed by atoms with Crippen molar-refractivity contribution in [2.45, 2.75) is 39.5 Å². The largest absolute Gasteiger partial charge is 0.481 e. The summed E-state index contributed by atoms with van der Waals surface area (Å²) in [5.74, 6) is 1.42. The fraction of sp³-hybridized carbons (Fsp3) is 0.867.